The summed E-state index contributed by atoms with van der Waals surface area (Å²) in [6.07, 6.45) is 5.13. The number of nitrogens with zero attached hydrogens (tertiary/aromatic N) is 2. The molecule has 0 aromatic carbocycles. The predicted octanol–water partition coefficient (Wildman–Crippen LogP) is 3.24. The quantitative estimate of drug-likeness (QED) is 0.848. The number of methoxy groups -OCH3 is 1. The maximum absolute atomic E-state index is 5.95. The van der Waals surface area contributed by atoms with E-state index in [2.05, 4.69) is 28.2 Å². The van der Waals surface area contributed by atoms with E-state index in [1.54, 1.807) is 7.11 Å². The van der Waals surface area contributed by atoms with E-state index < -0.39 is 0 Å². The van der Waals surface area contributed by atoms with Crippen molar-refractivity contribution in [1.29, 1.82) is 0 Å². The average molecular weight is 356 g/mol. The third kappa shape index (κ3) is 3.07. The van der Waals surface area contributed by atoms with Gasteiger partial charge in [0.05, 0.1) is 29.0 Å². The molecule has 1 aromatic rings. The summed E-state index contributed by atoms with van der Waals surface area (Å²) < 4.78 is 12.1. The lowest BCUT2D eigenvalue weighted by atomic mass is 9.88. The fourth-order valence-electron chi connectivity index (χ4n) is 3.18. The van der Waals surface area contributed by atoms with Crippen LogP contribution < -0.4 is 5.32 Å². The van der Waals surface area contributed by atoms with E-state index in [1.807, 2.05) is 0 Å². The molecule has 5 nitrogen and oxygen atoms in total. The van der Waals surface area contributed by atoms with Gasteiger partial charge in [-0.1, -0.05) is 6.92 Å². The molecule has 3 unspecified atom stereocenters. The smallest absolute Gasteiger partial charge is 0.144 e. The van der Waals surface area contributed by atoms with Crippen molar-refractivity contribution in [1.82, 2.24) is 9.97 Å². The Kier molecular flexibility index (Phi) is 4.76. The average Bonchev–Trinajstić information content (AvgIpc) is 3.11. The summed E-state index contributed by atoms with van der Waals surface area (Å²) >= 11 is 3.60. The third-order valence-corrected chi connectivity index (χ3v) is 5.03. The van der Waals surface area contributed by atoms with E-state index in [0.717, 1.165) is 47.6 Å². The number of aromatic nitrogens is 2. The van der Waals surface area contributed by atoms with Crippen LogP contribution in [0.4, 0.5) is 5.82 Å². The number of anilines is 1. The molecule has 1 N–H and O–H groups in total. The van der Waals surface area contributed by atoms with Gasteiger partial charge in [0.2, 0.25) is 0 Å². The van der Waals surface area contributed by atoms with E-state index in [4.69, 9.17) is 19.4 Å². The Labute approximate surface area is 134 Å². The van der Waals surface area contributed by atoms with Crippen LogP contribution in [0.15, 0.2) is 4.47 Å². The molecule has 21 heavy (non-hydrogen) atoms. The van der Waals surface area contributed by atoms with Gasteiger partial charge < -0.3 is 14.8 Å². The summed E-state index contributed by atoms with van der Waals surface area (Å²) in [5.41, 5.74) is 0.906. The van der Waals surface area contributed by atoms with Crippen LogP contribution in [0.1, 0.15) is 50.0 Å². The normalized spacial score (nSPS) is 27.3. The second-order valence-corrected chi connectivity index (χ2v) is 6.56. The van der Waals surface area contributed by atoms with E-state index in [-0.39, 0.29) is 0 Å². The summed E-state index contributed by atoms with van der Waals surface area (Å²) in [7, 11) is 1.69. The molecule has 6 heteroatoms. The first kappa shape index (κ1) is 15.2. The van der Waals surface area contributed by atoms with Gasteiger partial charge >= 0.3 is 0 Å². The lowest BCUT2D eigenvalue weighted by Gasteiger charge is -2.20. The lowest BCUT2D eigenvalue weighted by molar-refractivity contribution is 0.0998. The largest absolute Gasteiger partial charge is 0.378 e. The highest BCUT2D eigenvalue weighted by atomic mass is 79.9. The van der Waals surface area contributed by atoms with Crippen molar-refractivity contribution in [2.75, 3.05) is 19.0 Å². The number of rotatable bonds is 6. The second kappa shape index (κ2) is 6.58. The van der Waals surface area contributed by atoms with Crippen molar-refractivity contribution in [2.45, 2.75) is 57.3 Å². The van der Waals surface area contributed by atoms with Gasteiger partial charge in [-0.2, -0.15) is 0 Å². The zero-order valence-electron chi connectivity index (χ0n) is 12.6. The molecule has 2 aliphatic heterocycles. The molecule has 2 aliphatic rings. The molecule has 2 fully saturated rings. The van der Waals surface area contributed by atoms with Gasteiger partial charge in [0, 0.05) is 19.6 Å². The monoisotopic (exact) mass is 355 g/mol. The summed E-state index contributed by atoms with van der Waals surface area (Å²) in [5.74, 6) is 2.10. The first-order valence-corrected chi connectivity index (χ1v) is 8.46. The number of nitrogens with one attached hydrogen (secondary N) is 1. The van der Waals surface area contributed by atoms with Crippen LogP contribution in [0.2, 0.25) is 0 Å². The molecule has 0 amide bonds. The minimum atomic E-state index is 0.297. The zero-order chi connectivity index (χ0) is 14.8. The molecular weight excluding hydrogens is 334 g/mol. The minimum Gasteiger partial charge on any atom is -0.378 e. The number of ether oxygens (including phenoxy) is 2. The highest BCUT2D eigenvalue weighted by Gasteiger charge is 2.43. The van der Waals surface area contributed by atoms with Crippen molar-refractivity contribution in [3.05, 3.63) is 16.0 Å². The van der Waals surface area contributed by atoms with Crippen molar-refractivity contribution in [3.8, 4) is 0 Å². The fraction of sp³-hybridized carbons (Fsp3) is 0.733. The van der Waals surface area contributed by atoms with Gasteiger partial charge in [-0.05, 0) is 41.6 Å². The fourth-order valence-corrected chi connectivity index (χ4v) is 3.61. The SMILES string of the molecule is CCCNc1nc(C2CC3CCC2O3)nc(COC)c1Br. The molecule has 0 spiro atoms. The zero-order valence-corrected chi connectivity index (χ0v) is 14.1. The van der Waals surface area contributed by atoms with Gasteiger partial charge in [0.1, 0.15) is 11.6 Å². The Hall–Kier alpha value is -0.720. The van der Waals surface area contributed by atoms with E-state index in [1.165, 1.54) is 6.42 Å². The van der Waals surface area contributed by atoms with Crippen LogP contribution in [0.3, 0.4) is 0 Å². The van der Waals surface area contributed by atoms with E-state index in [0.29, 0.717) is 24.7 Å². The van der Waals surface area contributed by atoms with Crippen molar-refractivity contribution >= 4 is 21.7 Å². The van der Waals surface area contributed by atoms with Gasteiger partial charge in [-0.3, -0.25) is 0 Å². The maximum atomic E-state index is 5.95. The Morgan fingerprint density at radius 1 is 1.38 bits per heavy atom. The summed E-state index contributed by atoms with van der Waals surface area (Å²) in [6, 6.07) is 0. The van der Waals surface area contributed by atoms with Crippen molar-refractivity contribution in [3.63, 3.8) is 0 Å². The van der Waals surface area contributed by atoms with Crippen LogP contribution in [0.5, 0.6) is 0 Å². The van der Waals surface area contributed by atoms with Gasteiger partial charge in [-0.25, -0.2) is 9.97 Å². The molecule has 0 radical (unpaired) electrons. The van der Waals surface area contributed by atoms with Gasteiger partial charge in [0.15, 0.2) is 0 Å². The first-order chi connectivity index (χ1) is 10.2. The van der Waals surface area contributed by atoms with Gasteiger partial charge in [0.25, 0.3) is 0 Å². The molecule has 116 valence electrons. The Bertz CT molecular complexity index is 512. The van der Waals surface area contributed by atoms with E-state index >= 15 is 0 Å². The predicted molar refractivity (Wildman–Crippen MR) is 84.5 cm³/mol. The summed E-state index contributed by atoms with van der Waals surface area (Å²) in [4.78, 5) is 9.48. The Balaban J connectivity index is 1.90. The van der Waals surface area contributed by atoms with Crippen LogP contribution in [-0.4, -0.2) is 35.8 Å². The number of hydrogen-bond acceptors (Lipinski definition) is 5. The highest BCUT2D eigenvalue weighted by molar-refractivity contribution is 9.10. The molecule has 2 saturated heterocycles. The standard InChI is InChI=1S/C15H22BrN3O2/c1-3-6-17-15-13(16)11(8-20-2)18-14(19-15)10-7-9-4-5-12(10)21-9/h9-10,12H,3-8H2,1-2H3,(H,17,18,19). The van der Waals surface area contributed by atoms with E-state index in [9.17, 15) is 0 Å². The van der Waals surface area contributed by atoms with Crippen molar-refractivity contribution in [2.24, 2.45) is 0 Å². The number of halogens is 1. The van der Waals surface area contributed by atoms with Crippen LogP contribution in [-0.2, 0) is 16.1 Å². The first-order valence-electron chi connectivity index (χ1n) is 7.67. The third-order valence-electron chi connectivity index (χ3n) is 4.20. The molecular formula is C15H22BrN3O2. The van der Waals surface area contributed by atoms with Crippen LogP contribution >= 0.6 is 15.9 Å². The van der Waals surface area contributed by atoms with Crippen LogP contribution in [0, 0.1) is 0 Å². The molecule has 1 aromatic heterocycles. The lowest BCUT2D eigenvalue weighted by Crippen LogP contribution is -2.19. The molecule has 3 heterocycles. The number of hydrogen-bond donors (Lipinski definition) is 1. The Morgan fingerprint density at radius 3 is 2.86 bits per heavy atom. The molecule has 3 rings (SSSR count). The maximum Gasteiger partial charge on any atom is 0.144 e. The minimum absolute atomic E-state index is 0.297. The Morgan fingerprint density at radius 2 is 2.24 bits per heavy atom. The molecule has 0 saturated carbocycles. The highest BCUT2D eigenvalue weighted by Crippen LogP contribution is 2.44. The van der Waals surface area contributed by atoms with Gasteiger partial charge in [-0.15, -0.1) is 0 Å². The number of fused-ring (bicyclic) bond motifs is 2. The second-order valence-electron chi connectivity index (χ2n) is 5.77. The summed E-state index contributed by atoms with van der Waals surface area (Å²) in [6.45, 7) is 3.52. The van der Waals surface area contributed by atoms with Crippen molar-refractivity contribution < 1.29 is 9.47 Å². The molecule has 2 bridgehead atoms. The molecule has 0 aliphatic carbocycles. The van der Waals surface area contributed by atoms with Crippen LogP contribution in [0.25, 0.3) is 0 Å². The molecule has 3 atom stereocenters. The summed E-state index contributed by atoms with van der Waals surface area (Å²) in [5, 5.41) is 3.37. The topological polar surface area (TPSA) is 56.3 Å².